The molecule has 3 rings (SSSR count). The van der Waals surface area contributed by atoms with Gasteiger partial charge in [-0.25, -0.2) is 4.98 Å². The molecule has 0 spiro atoms. The van der Waals surface area contributed by atoms with Crippen molar-refractivity contribution in [3.8, 4) is 11.6 Å². The Morgan fingerprint density at radius 3 is 2.81 bits per heavy atom. The molecule has 5 nitrogen and oxygen atoms in total. The van der Waals surface area contributed by atoms with Crippen LogP contribution >= 0.6 is 0 Å². The number of anilines is 1. The molecule has 0 aliphatic heterocycles. The van der Waals surface area contributed by atoms with Crippen molar-refractivity contribution >= 4 is 5.82 Å². The first-order valence-electron chi connectivity index (χ1n) is 5.39. The van der Waals surface area contributed by atoms with E-state index in [1.54, 1.807) is 6.07 Å². The fourth-order valence-corrected chi connectivity index (χ4v) is 1.74. The Morgan fingerprint density at radius 2 is 2.12 bits per heavy atom. The minimum Gasteiger partial charge on any atom is -0.384 e. The molecule has 0 atom stereocenters. The van der Waals surface area contributed by atoms with E-state index >= 15 is 0 Å². The summed E-state index contributed by atoms with van der Waals surface area (Å²) < 4.78 is 5.18. The summed E-state index contributed by atoms with van der Waals surface area (Å²) in [7, 11) is 0. The van der Waals surface area contributed by atoms with Crippen LogP contribution in [0, 0.1) is 0 Å². The minimum atomic E-state index is 0.453. The molecule has 82 valence electrons. The fourth-order valence-electron chi connectivity index (χ4n) is 1.74. The highest BCUT2D eigenvalue weighted by Gasteiger charge is 2.25. The van der Waals surface area contributed by atoms with Gasteiger partial charge in [-0.3, -0.25) is 0 Å². The topological polar surface area (TPSA) is 77.8 Å². The SMILES string of the molecule is Nc1cccc(-c2nc(C3CCC3)no2)n1. The lowest BCUT2D eigenvalue weighted by atomic mass is 9.85. The average Bonchev–Trinajstić information content (AvgIpc) is 2.64. The van der Waals surface area contributed by atoms with Gasteiger partial charge in [0, 0.05) is 5.92 Å². The van der Waals surface area contributed by atoms with Gasteiger partial charge in [0.2, 0.25) is 0 Å². The van der Waals surface area contributed by atoms with E-state index in [1.807, 2.05) is 12.1 Å². The molecule has 0 unspecified atom stereocenters. The van der Waals surface area contributed by atoms with Crippen molar-refractivity contribution in [2.75, 3.05) is 5.73 Å². The van der Waals surface area contributed by atoms with Crippen LogP contribution < -0.4 is 5.73 Å². The molecule has 0 bridgehead atoms. The molecule has 2 N–H and O–H groups in total. The van der Waals surface area contributed by atoms with Crippen LogP contribution in [-0.2, 0) is 0 Å². The largest absolute Gasteiger partial charge is 0.384 e. The zero-order valence-electron chi connectivity index (χ0n) is 8.76. The van der Waals surface area contributed by atoms with Gasteiger partial charge < -0.3 is 10.3 Å². The van der Waals surface area contributed by atoms with Gasteiger partial charge in [0.05, 0.1) is 0 Å². The summed E-state index contributed by atoms with van der Waals surface area (Å²) >= 11 is 0. The zero-order valence-corrected chi connectivity index (χ0v) is 8.76. The molecule has 0 aromatic carbocycles. The van der Waals surface area contributed by atoms with Gasteiger partial charge in [0.25, 0.3) is 5.89 Å². The number of aromatic nitrogens is 3. The lowest BCUT2D eigenvalue weighted by Gasteiger charge is -2.20. The Balaban J connectivity index is 1.91. The van der Waals surface area contributed by atoms with E-state index in [4.69, 9.17) is 10.3 Å². The highest BCUT2D eigenvalue weighted by Crippen LogP contribution is 2.35. The normalized spacial score (nSPS) is 16.0. The Labute approximate surface area is 92.7 Å². The molecule has 1 fully saturated rings. The van der Waals surface area contributed by atoms with E-state index in [2.05, 4.69) is 15.1 Å². The summed E-state index contributed by atoms with van der Waals surface area (Å²) in [5.74, 6) is 2.18. The van der Waals surface area contributed by atoms with Crippen LogP contribution in [0.3, 0.4) is 0 Å². The summed E-state index contributed by atoms with van der Waals surface area (Å²) in [6.45, 7) is 0. The molecule has 2 aromatic rings. The van der Waals surface area contributed by atoms with Crippen molar-refractivity contribution in [2.24, 2.45) is 0 Å². The van der Waals surface area contributed by atoms with Crippen LogP contribution in [0.4, 0.5) is 5.82 Å². The maximum absolute atomic E-state index is 5.60. The quantitative estimate of drug-likeness (QED) is 0.830. The number of rotatable bonds is 2. The van der Waals surface area contributed by atoms with Crippen LogP contribution in [0.25, 0.3) is 11.6 Å². The molecule has 0 saturated heterocycles. The van der Waals surface area contributed by atoms with Crippen molar-refractivity contribution < 1.29 is 4.52 Å². The van der Waals surface area contributed by atoms with Crippen LogP contribution in [0.1, 0.15) is 31.0 Å². The maximum atomic E-state index is 5.60. The molecule has 2 heterocycles. The molecule has 2 aromatic heterocycles. The predicted octanol–water partition coefficient (Wildman–Crippen LogP) is 1.98. The standard InChI is InChI=1S/C11H12N4O/c12-9-6-2-5-8(13-9)11-14-10(15-16-11)7-3-1-4-7/h2,5-7H,1,3-4H2,(H2,12,13). The Kier molecular flexibility index (Phi) is 2.09. The second-order valence-corrected chi connectivity index (χ2v) is 4.03. The smallest absolute Gasteiger partial charge is 0.276 e. The summed E-state index contributed by atoms with van der Waals surface area (Å²) in [6, 6.07) is 5.37. The molecule has 5 heteroatoms. The van der Waals surface area contributed by atoms with E-state index in [0.29, 0.717) is 23.3 Å². The third kappa shape index (κ3) is 1.54. The maximum Gasteiger partial charge on any atom is 0.276 e. The highest BCUT2D eigenvalue weighted by atomic mass is 16.5. The molecular weight excluding hydrogens is 204 g/mol. The average molecular weight is 216 g/mol. The number of pyridine rings is 1. The first-order valence-corrected chi connectivity index (χ1v) is 5.39. The minimum absolute atomic E-state index is 0.453. The number of nitrogens with two attached hydrogens (primary N) is 1. The van der Waals surface area contributed by atoms with E-state index < -0.39 is 0 Å². The summed E-state index contributed by atoms with van der Waals surface area (Å²) in [6.07, 6.45) is 3.57. The van der Waals surface area contributed by atoms with Crippen LogP contribution in [0.2, 0.25) is 0 Å². The van der Waals surface area contributed by atoms with Crippen molar-refractivity contribution in [3.05, 3.63) is 24.0 Å². The first-order chi connectivity index (χ1) is 7.83. The third-order valence-electron chi connectivity index (χ3n) is 2.90. The van der Waals surface area contributed by atoms with Crippen molar-refractivity contribution in [2.45, 2.75) is 25.2 Å². The lowest BCUT2D eigenvalue weighted by molar-refractivity contribution is 0.366. The second-order valence-electron chi connectivity index (χ2n) is 4.03. The molecule has 0 amide bonds. The number of nitrogens with zero attached hydrogens (tertiary/aromatic N) is 3. The van der Waals surface area contributed by atoms with Gasteiger partial charge in [-0.05, 0) is 25.0 Å². The lowest BCUT2D eigenvalue weighted by Crippen LogP contribution is -2.10. The van der Waals surface area contributed by atoms with E-state index in [-0.39, 0.29) is 0 Å². The van der Waals surface area contributed by atoms with E-state index in [0.717, 1.165) is 18.7 Å². The molecule has 1 saturated carbocycles. The monoisotopic (exact) mass is 216 g/mol. The number of hydrogen-bond donors (Lipinski definition) is 1. The van der Waals surface area contributed by atoms with Gasteiger partial charge in [0.1, 0.15) is 11.5 Å². The van der Waals surface area contributed by atoms with E-state index in [9.17, 15) is 0 Å². The Hall–Kier alpha value is -1.91. The van der Waals surface area contributed by atoms with Crippen molar-refractivity contribution in [1.82, 2.24) is 15.1 Å². The van der Waals surface area contributed by atoms with Crippen LogP contribution in [-0.4, -0.2) is 15.1 Å². The van der Waals surface area contributed by atoms with Crippen molar-refractivity contribution in [3.63, 3.8) is 0 Å². The Morgan fingerprint density at radius 1 is 1.25 bits per heavy atom. The number of hydrogen-bond acceptors (Lipinski definition) is 5. The summed E-state index contributed by atoms with van der Waals surface area (Å²) in [5, 5.41) is 3.98. The van der Waals surface area contributed by atoms with Gasteiger partial charge in [0.15, 0.2) is 5.82 Å². The molecule has 1 aliphatic rings. The van der Waals surface area contributed by atoms with Gasteiger partial charge in [-0.15, -0.1) is 0 Å². The first kappa shape index (κ1) is 9.33. The number of nitrogen functional groups attached to an aromatic ring is 1. The van der Waals surface area contributed by atoms with Crippen LogP contribution in [0.5, 0.6) is 0 Å². The second kappa shape index (κ2) is 3.59. The summed E-state index contributed by atoms with van der Waals surface area (Å²) in [5.41, 5.74) is 6.24. The van der Waals surface area contributed by atoms with E-state index in [1.165, 1.54) is 6.42 Å². The summed E-state index contributed by atoms with van der Waals surface area (Å²) in [4.78, 5) is 8.49. The molecule has 0 radical (unpaired) electrons. The van der Waals surface area contributed by atoms with Gasteiger partial charge in [-0.1, -0.05) is 17.6 Å². The molecule has 1 aliphatic carbocycles. The Bertz CT molecular complexity index is 504. The third-order valence-corrected chi connectivity index (χ3v) is 2.90. The van der Waals surface area contributed by atoms with Crippen LogP contribution in [0.15, 0.2) is 22.7 Å². The fraction of sp³-hybridized carbons (Fsp3) is 0.364. The van der Waals surface area contributed by atoms with Gasteiger partial charge >= 0.3 is 0 Å². The molecular formula is C11H12N4O. The zero-order chi connectivity index (χ0) is 11.0. The molecule has 16 heavy (non-hydrogen) atoms. The van der Waals surface area contributed by atoms with Gasteiger partial charge in [-0.2, -0.15) is 4.98 Å². The predicted molar refractivity (Wildman–Crippen MR) is 58.5 cm³/mol. The highest BCUT2D eigenvalue weighted by molar-refractivity contribution is 5.50. The van der Waals surface area contributed by atoms with Crippen molar-refractivity contribution in [1.29, 1.82) is 0 Å².